The predicted molar refractivity (Wildman–Crippen MR) is 78.1 cm³/mol. The lowest BCUT2D eigenvalue weighted by molar-refractivity contribution is -0.120. The first-order chi connectivity index (χ1) is 9.16. The first kappa shape index (κ1) is 12.7. The van der Waals surface area contributed by atoms with Crippen molar-refractivity contribution in [1.82, 2.24) is 0 Å². The number of fused-ring (bicyclic) bond motifs is 1. The maximum atomic E-state index is 12.3. The zero-order chi connectivity index (χ0) is 13.4. The number of carbonyl (C=O) groups is 1. The molecule has 2 aromatic carbocycles. The van der Waals surface area contributed by atoms with E-state index in [-0.39, 0.29) is 11.7 Å². The van der Waals surface area contributed by atoms with Crippen LogP contribution in [-0.2, 0) is 17.6 Å². The molecule has 0 radical (unpaired) electrons. The number of benzene rings is 2. The van der Waals surface area contributed by atoms with Crippen LogP contribution in [0.1, 0.15) is 22.6 Å². The molecule has 3 rings (SSSR count). The highest BCUT2D eigenvalue weighted by Crippen LogP contribution is 2.37. The lowest BCUT2D eigenvalue weighted by atomic mass is 9.74. The summed E-state index contributed by atoms with van der Waals surface area (Å²) in [4.78, 5) is 12.3. The van der Waals surface area contributed by atoms with Crippen molar-refractivity contribution in [1.29, 1.82) is 0 Å². The lowest BCUT2D eigenvalue weighted by Crippen LogP contribution is -2.26. The topological polar surface area (TPSA) is 17.1 Å². The molecule has 0 bridgehead atoms. The molecule has 0 N–H and O–H groups in total. The Kier molecular flexibility index (Phi) is 3.34. The molecule has 2 aromatic rings. The van der Waals surface area contributed by atoms with Gasteiger partial charge < -0.3 is 0 Å². The maximum absolute atomic E-state index is 12.3. The molecule has 1 nitrogen and oxygen atoms in total. The smallest absolute Gasteiger partial charge is 0.145 e. The van der Waals surface area contributed by atoms with Crippen molar-refractivity contribution in [3.05, 3.63) is 69.2 Å². The molecule has 0 heterocycles. The molecule has 0 aromatic heterocycles. The summed E-state index contributed by atoms with van der Waals surface area (Å²) < 4.78 is 0. The quantitative estimate of drug-likeness (QED) is 0.816. The van der Waals surface area contributed by atoms with Crippen molar-refractivity contribution < 1.29 is 4.79 Å². The highest BCUT2D eigenvalue weighted by molar-refractivity contribution is 6.42. The van der Waals surface area contributed by atoms with Crippen LogP contribution in [0.15, 0.2) is 42.5 Å². The van der Waals surface area contributed by atoms with Crippen molar-refractivity contribution in [3.63, 3.8) is 0 Å². The molecule has 0 spiro atoms. The van der Waals surface area contributed by atoms with Crippen LogP contribution in [0.5, 0.6) is 0 Å². The molecule has 3 heteroatoms. The van der Waals surface area contributed by atoms with Gasteiger partial charge in [0.1, 0.15) is 5.78 Å². The fraction of sp³-hybridized carbons (Fsp3) is 0.188. The summed E-state index contributed by atoms with van der Waals surface area (Å²) >= 11 is 12.1. The van der Waals surface area contributed by atoms with Crippen molar-refractivity contribution in [2.24, 2.45) is 0 Å². The Labute approximate surface area is 122 Å². The van der Waals surface area contributed by atoms with Crippen LogP contribution in [0, 0.1) is 0 Å². The number of hydrogen-bond acceptors (Lipinski definition) is 1. The van der Waals surface area contributed by atoms with Gasteiger partial charge in [0.05, 0.1) is 10.0 Å². The molecule has 1 atom stereocenters. The fourth-order valence-electron chi connectivity index (χ4n) is 2.54. The van der Waals surface area contributed by atoms with Crippen LogP contribution < -0.4 is 0 Å². The number of Topliss-reactive ketones (excluding diaryl/α,β-unsaturated/α-hetero) is 1. The Hall–Kier alpha value is -1.31. The highest BCUT2D eigenvalue weighted by Gasteiger charge is 2.31. The summed E-state index contributed by atoms with van der Waals surface area (Å²) in [5, 5.41) is 0.992. The van der Waals surface area contributed by atoms with E-state index in [4.69, 9.17) is 23.2 Å². The Bertz CT molecular complexity index is 649. The fourth-order valence-corrected chi connectivity index (χ4v) is 2.93. The molecule has 19 heavy (non-hydrogen) atoms. The molecule has 0 saturated heterocycles. The third kappa shape index (κ3) is 2.29. The van der Waals surface area contributed by atoms with Crippen molar-refractivity contribution in [2.75, 3.05) is 0 Å². The van der Waals surface area contributed by atoms with Gasteiger partial charge in [0.15, 0.2) is 0 Å². The van der Waals surface area contributed by atoms with E-state index in [0.717, 1.165) is 17.5 Å². The van der Waals surface area contributed by atoms with Crippen LogP contribution in [-0.4, -0.2) is 5.78 Å². The van der Waals surface area contributed by atoms with Gasteiger partial charge in [0.25, 0.3) is 0 Å². The van der Waals surface area contributed by atoms with Gasteiger partial charge in [-0.05, 0) is 29.2 Å². The average molecular weight is 291 g/mol. The summed E-state index contributed by atoms with van der Waals surface area (Å²) in [5.74, 6) is 0.231. The first-order valence-electron chi connectivity index (χ1n) is 6.20. The van der Waals surface area contributed by atoms with Gasteiger partial charge in [-0.1, -0.05) is 59.6 Å². The lowest BCUT2D eigenvalue weighted by Gasteiger charge is -2.28. The SMILES string of the molecule is O=C(Cc1cccc(Cl)c1Cl)C1Cc2ccccc21. The predicted octanol–water partition coefficient (Wildman–Crippen LogP) is 4.44. The van der Waals surface area contributed by atoms with Crippen LogP contribution in [0.3, 0.4) is 0 Å². The molecule has 1 aliphatic rings. The average Bonchev–Trinajstić information content (AvgIpc) is 2.36. The number of rotatable bonds is 3. The zero-order valence-corrected chi connectivity index (χ0v) is 11.7. The summed E-state index contributed by atoms with van der Waals surface area (Å²) in [6.07, 6.45) is 1.19. The third-order valence-corrected chi connectivity index (χ3v) is 4.50. The van der Waals surface area contributed by atoms with E-state index >= 15 is 0 Å². The number of carbonyl (C=O) groups excluding carboxylic acids is 1. The molecule has 0 saturated carbocycles. The molecule has 0 fully saturated rings. The van der Waals surface area contributed by atoms with Crippen molar-refractivity contribution in [3.8, 4) is 0 Å². The Morgan fingerprint density at radius 1 is 1.11 bits per heavy atom. The minimum absolute atomic E-state index is 0.0197. The summed E-state index contributed by atoms with van der Waals surface area (Å²) in [6.45, 7) is 0. The molecule has 1 aliphatic carbocycles. The highest BCUT2D eigenvalue weighted by atomic mass is 35.5. The second kappa shape index (κ2) is 4.99. The first-order valence-corrected chi connectivity index (χ1v) is 6.96. The van der Waals surface area contributed by atoms with E-state index in [1.807, 2.05) is 30.3 Å². The Morgan fingerprint density at radius 2 is 1.89 bits per heavy atom. The Morgan fingerprint density at radius 3 is 2.68 bits per heavy atom. The van der Waals surface area contributed by atoms with E-state index < -0.39 is 0 Å². The summed E-state index contributed by atoms with van der Waals surface area (Å²) in [5.41, 5.74) is 3.24. The van der Waals surface area contributed by atoms with Crippen LogP contribution in [0.4, 0.5) is 0 Å². The molecule has 96 valence electrons. The van der Waals surface area contributed by atoms with Crippen LogP contribution >= 0.6 is 23.2 Å². The van der Waals surface area contributed by atoms with Gasteiger partial charge in [-0.3, -0.25) is 4.79 Å². The molecular formula is C16H12Cl2O. The maximum Gasteiger partial charge on any atom is 0.145 e. The van der Waals surface area contributed by atoms with E-state index in [2.05, 4.69) is 6.07 Å². The zero-order valence-electron chi connectivity index (χ0n) is 10.2. The second-order valence-electron chi connectivity index (χ2n) is 4.81. The van der Waals surface area contributed by atoms with Gasteiger partial charge in [-0.25, -0.2) is 0 Å². The van der Waals surface area contributed by atoms with E-state index in [1.54, 1.807) is 6.07 Å². The van der Waals surface area contributed by atoms with Gasteiger partial charge in [-0.15, -0.1) is 0 Å². The summed E-state index contributed by atoms with van der Waals surface area (Å²) in [6, 6.07) is 13.5. The minimum Gasteiger partial charge on any atom is -0.299 e. The number of ketones is 1. The van der Waals surface area contributed by atoms with E-state index in [1.165, 1.54) is 5.56 Å². The van der Waals surface area contributed by atoms with Crippen molar-refractivity contribution in [2.45, 2.75) is 18.8 Å². The Balaban J connectivity index is 1.79. The van der Waals surface area contributed by atoms with Gasteiger partial charge in [0, 0.05) is 12.3 Å². The second-order valence-corrected chi connectivity index (χ2v) is 5.60. The van der Waals surface area contributed by atoms with E-state index in [9.17, 15) is 4.79 Å². The third-order valence-electron chi connectivity index (χ3n) is 3.64. The van der Waals surface area contributed by atoms with Gasteiger partial charge in [0.2, 0.25) is 0 Å². The summed E-state index contributed by atoms with van der Waals surface area (Å²) in [7, 11) is 0. The number of hydrogen-bond donors (Lipinski definition) is 0. The largest absolute Gasteiger partial charge is 0.299 e. The van der Waals surface area contributed by atoms with Crippen LogP contribution in [0.25, 0.3) is 0 Å². The van der Waals surface area contributed by atoms with Gasteiger partial charge in [-0.2, -0.15) is 0 Å². The van der Waals surface area contributed by atoms with Gasteiger partial charge >= 0.3 is 0 Å². The molecular weight excluding hydrogens is 279 g/mol. The molecule has 1 unspecified atom stereocenters. The van der Waals surface area contributed by atoms with E-state index in [0.29, 0.717) is 16.5 Å². The normalized spacial score (nSPS) is 16.6. The minimum atomic E-state index is 0.0197. The number of halogens is 2. The molecule has 0 amide bonds. The van der Waals surface area contributed by atoms with Crippen molar-refractivity contribution >= 4 is 29.0 Å². The molecule has 0 aliphatic heterocycles. The standard InChI is InChI=1S/C16H12Cl2O/c17-14-7-3-5-11(16(14)18)9-15(19)13-8-10-4-1-2-6-12(10)13/h1-7,13H,8-9H2. The monoisotopic (exact) mass is 290 g/mol. The van der Waals surface area contributed by atoms with Crippen LogP contribution in [0.2, 0.25) is 10.0 Å².